The van der Waals surface area contributed by atoms with Crippen molar-refractivity contribution in [1.82, 2.24) is 15.3 Å². The second-order valence-electron chi connectivity index (χ2n) is 6.21. The number of thioether (sulfide) groups is 1. The maximum absolute atomic E-state index is 12.0. The Morgan fingerprint density at radius 1 is 1.25 bits per heavy atom. The highest BCUT2D eigenvalue weighted by Crippen LogP contribution is 2.22. The average molecular weight is 373 g/mol. The molecule has 0 spiro atoms. The lowest BCUT2D eigenvalue weighted by Gasteiger charge is -2.23. The molecule has 1 rings (SSSR count). The van der Waals surface area contributed by atoms with Crippen molar-refractivity contribution in [3.8, 4) is 0 Å². The van der Waals surface area contributed by atoms with Crippen molar-refractivity contribution < 1.29 is 4.79 Å². The molecule has 0 bridgehead atoms. The number of carbonyl (C=O) groups is 1. The van der Waals surface area contributed by atoms with Gasteiger partial charge in [-0.15, -0.1) is 0 Å². The molecule has 0 fully saturated rings. The second kappa shape index (κ2) is 10.8. The van der Waals surface area contributed by atoms with Crippen LogP contribution in [0.2, 0.25) is 5.15 Å². The van der Waals surface area contributed by atoms with Crippen LogP contribution in [0.5, 0.6) is 0 Å². The van der Waals surface area contributed by atoms with E-state index in [4.69, 9.17) is 11.6 Å². The summed E-state index contributed by atoms with van der Waals surface area (Å²) < 4.78 is 0. The number of hydrogen-bond donors (Lipinski definition) is 1. The molecule has 1 aromatic heterocycles. The first-order valence-electron chi connectivity index (χ1n) is 8.59. The second-order valence-corrected chi connectivity index (χ2v) is 7.54. The zero-order valence-electron chi connectivity index (χ0n) is 15.3. The summed E-state index contributed by atoms with van der Waals surface area (Å²) in [6.07, 6.45) is 2.08. The lowest BCUT2D eigenvalue weighted by molar-refractivity contribution is -0.119. The fraction of sp³-hybridized carbons (Fsp3) is 0.706. The van der Waals surface area contributed by atoms with Crippen LogP contribution in [-0.2, 0) is 4.79 Å². The number of anilines is 1. The van der Waals surface area contributed by atoms with Crippen LogP contribution in [-0.4, -0.2) is 40.8 Å². The fourth-order valence-electron chi connectivity index (χ4n) is 2.09. The monoisotopic (exact) mass is 372 g/mol. The van der Waals surface area contributed by atoms with Crippen LogP contribution >= 0.6 is 23.4 Å². The zero-order chi connectivity index (χ0) is 18.1. The summed E-state index contributed by atoms with van der Waals surface area (Å²) in [5, 5.41) is 3.94. The molecule has 0 saturated heterocycles. The lowest BCUT2D eigenvalue weighted by Crippen LogP contribution is -2.37. The molecule has 24 heavy (non-hydrogen) atoms. The number of nitrogens with one attached hydrogen (secondary N) is 1. The molecule has 0 unspecified atom stereocenters. The van der Waals surface area contributed by atoms with Gasteiger partial charge in [-0.1, -0.05) is 51.1 Å². The van der Waals surface area contributed by atoms with Gasteiger partial charge in [0.05, 0.1) is 5.75 Å². The van der Waals surface area contributed by atoms with E-state index in [2.05, 4.69) is 47.9 Å². The number of halogens is 1. The Kier molecular flexibility index (Phi) is 9.44. The van der Waals surface area contributed by atoms with Crippen LogP contribution < -0.4 is 10.2 Å². The number of amides is 1. The summed E-state index contributed by atoms with van der Waals surface area (Å²) in [4.78, 5) is 23.0. The van der Waals surface area contributed by atoms with Crippen LogP contribution in [0.1, 0.15) is 47.5 Å². The van der Waals surface area contributed by atoms with Crippen LogP contribution in [0, 0.1) is 5.92 Å². The van der Waals surface area contributed by atoms with E-state index < -0.39 is 0 Å². The maximum atomic E-state index is 12.0. The summed E-state index contributed by atoms with van der Waals surface area (Å²) in [7, 11) is 0. The van der Waals surface area contributed by atoms with Gasteiger partial charge in [-0.3, -0.25) is 4.79 Å². The molecule has 0 radical (unpaired) electrons. The first kappa shape index (κ1) is 21.0. The molecule has 1 N–H and O–H groups in total. The van der Waals surface area contributed by atoms with E-state index in [0.717, 1.165) is 31.7 Å². The van der Waals surface area contributed by atoms with Gasteiger partial charge in [-0.25, -0.2) is 9.97 Å². The number of nitrogens with zero attached hydrogens (tertiary/aromatic N) is 3. The number of carbonyl (C=O) groups excluding carboxylic acids is 1. The molecule has 1 aromatic rings. The normalized spacial score (nSPS) is 12.3. The molecule has 0 aromatic carbocycles. The van der Waals surface area contributed by atoms with Gasteiger partial charge >= 0.3 is 0 Å². The Morgan fingerprint density at radius 2 is 1.88 bits per heavy atom. The summed E-state index contributed by atoms with van der Waals surface area (Å²) in [5.41, 5.74) is 0. The summed E-state index contributed by atoms with van der Waals surface area (Å²) in [6.45, 7) is 12.3. The van der Waals surface area contributed by atoms with Crippen LogP contribution in [0.3, 0.4) is 0 Å². The van der Waals surface area contributed by atoms with Gasteiger partial charge in [0.25, 0.3) is 0 Å². The van der Waals surface area contributed by atoms with Crippen molar-refractivity contribution in [2.45, 2.75) is 58.7 Å². The largest absolute Gasteiger partial charge is 0.356 e. The first-order valence-corrected chi connectivity index (χ1v) is 9.95. The van der Waals surface area contributed by atoms with Crippen LogP contribution in [0.25, 0.3) is 0 Å². The third kappa shape index (κ3) is 7.26. The molecule has 0 aliphatic carbocycles. The summed E-state index contributed by atoms with van der Waals surface area (Å²) in [5.74, 6) is 1.52. The Bertz CT molecular complexity index is 521. The predicted octanol–water partition coefficient (Wildman–Crippen LogP) is 4.01. The Balaban J connectivity index is 2.73. The lowest BCUT2D eigenvalue weighted by atomic mass is 10.1. The van der Waals surface area contributed by atoms with Gasteiger partial charge in [-0.05, 0) is 25.7 Å². The molecule has 1 amide bonds. The van der Waals surface area contributed by atoms with E-state index in [1.165, 1.54) is 11.8 Å². The minimum absolute atomic E-state index is 0.00898. The highest BCUT2D eigenvalue weighted by Gasteiger charge is 2.14. The SMILES string of the molecule is CCCN(CCC)c1cc(Cl)nc(SCC(=O)N[C@@H](C)C(C)C)n1. The van der Waals surface area contributed by atoms with Gasteiger partial charge < -0.3 is 10.2 Å². The van der Waals surface area contributed by atoms with Gasteiger partial charge in [0.1, 0.15) is 11.0 Å². The fourth-order valence-corrected chi connectivity index (χ4v) is 2.98. The smallest absolute Gasteiger partial charge is 0.230 e. The van der Waals surface area contributed by atoms with Crippen LogP contribution in [0.4, 0.5) is 5.82 Å². The molecule has 7 heteroatoms. The molecule has 0 aliphatic rings. The van der Waals surface area contributed by atoms with E-state index >= 15 is 0 Å². The minimum Gasteiger partial charge on any atom is -0.356 e. The number of hydrogen-bond acceptors (Lipinski definition) is 5. The average Bonchev–Trinajstić information content (AvgIpc) is 2.52. The van der Waals surface area contributed by atoms with Crippen molar-refractivity contribution in [2.24, 2.45) is 5.92 Å². The topological polar surface area (TPSA) is 58.1 Å². The van der Waals surface area contributed by atoms with E-state index in [1.54, 1.807) is 6.07 Å². The zero-order valence-corrected chi connectivity index (χ0v) is 16.9. The molecule has 136 valence electrons. The van der Waals surface area contributed by atoms with Crippen molar-refractivity contribution in [2.75, 3.05) is 23.7 Å². The van der Waals surface area contributed by atoms with Crippen molar-refractivity contribution in [1.29, 1.82) is 0 Å². The summed E-state index contributed by atoms with van der Waals surface area (Å²) >= 11 is 7.46. The number of aromatic nitrogens is 2. The quantitative estimate of drug-likeness (QED) is 0.382. The highest BCUT2D eigenvalue weighted by molar-refractivity contribution is 7.99. The predicted molar refractivity (Wildman–Crippen MR) is 103 cm³/mol. The van der Waals surface area contributed by atoms with Gasteiger partial charge in [0.2, 0.25) is 5.91 Å². The van der Waals surface area contributed by atoms with Crippen molar-refractivity contribution in [3.63, 3.8) is 0 Å². The Morgan fingerprint density at radius 3 is 2.42 bits per heavy atom. The molecule has 1 heterocycles. The molecule has 5 nitrogen and oxygen atoms in total. The highest BCUT2D eigenvalue weighted by atomic mass is 35.5. The van der Waals surface area contributed by atoms with Gasteiger partial charge in [0.15, 0.2) is 5.16 Å². The van der Waals surface area contributed by atoms with Crippen LogP contribution in [0.15, 0.2) is 11.2 Å². The molecule has 0 saturated carbocycles. The minimum atomic E-state index is -0.00898. The van der Waals surface area contributed by atoms with E-state index in [-0.39, 0.29) is 11.9 Å². The van der Waals surface area contributed by atoms with Gasteiger partial charge in [-0.2, -0.15) is 0 Å². The van der Waals surface area contributed by atoms with E-state index in [9.17, 15) is 4.79 Å². The maximum Gasteiger partial charge on any atom is 0.230 e. The van der Waals surface area contributed by atoms with E-state index in [1.807, 2.05) is 6.92 Å². The standard InChI is InChI=1S/C17H29ClN4OS/c1-6-8-22(9-7-2)15-10-14(18)20-17(21-15)24-11-16(23)19-13(5)12(3)4/h10,12-13H,6-9,11H2,1-5H3,(H,19,23)/t13-/m0/s1. The Labute approximate surface area is 155 Å². The third-order valence-corrected chi connectivity index (χ3v) is 4.73. The molecule has 0 aliphatic heterocycles. The van der Waals surface area contributed by atoms with E-state index in [0.29, 0.717) is 22.0 Å². The summed E-state index contributed by atoms with van der Waals surface area (Å²) in [6, 6.07) is 1.94. The van der Waals surface area contributed by atoms with Crippen molar-refractivity contribution in [3.05, 3.63) is 11.2 Å². The van der Waals surface area contributed by atoms with Gasteiger partial charge in [0, 0.05) is 25.2 Å². The first-order chi connectivity index (χ1) is 11.4. The van der Waals surface area contributed by atoms with Crippen molar-refractivity contribution >= 4 is 35.1 Å². The third-order valence-electron chi connectivity index (χ3n) is 3.69. The molecule has 1 atom stereocenters. The number of rotatable bonds is 10. The molecular formula is C17H29ClN4OS. The molecular weight excluding hydrogens is 344 g/mol. The Hall–Kier alpha value is -1.01.